The Morgan fingerprint density at radius 3 is 2.39 bits per heavy atom. The Bertz CT molecular complexity index is 787. The molecule has 0 N–H and O–H groups in total. The number of benzene rings is 1. The summed E-state index contributed by atoms with van der Waals surface area (Å²) >= 11 is 0. The van der Waals surface area contributed by atoms with Crippen molar-refractivity contribution in [2.75, 3.05) is 5.01 Å². The quantitative estimate of drug-likeness (QED) is 0.853. The predicted molar refractivity (Wildman–Crippen MR) is 77.7 cm³/mol. The first-order valence-corrected chi connectivity index (χ1v) is 6.73. The monoisotopic (exact) mass is 320 g/mol. The molecule has 1 aliphatic heterocycles. The first kappa shape index (κ1) is 15.1. The van der Waals surface area contributed by atoms with E-state index in [9.17, 15) is 18.0 Å². The van der Waals surface area contributed by atoms with Gasteiger partial charge in [0.05, 0.1) is 6.42 Å². The van der Waals surface area contributed by atoms with Gasteiger partial charge < -0.3 is 0 Å². The lowest BCUT2D eigenvalue weighted by Gasteiger charge is -2.14. The Labute approximate surface area is 129 Å². The SMILES string of the molecule is CC1=NN(c2cc(C(F)(F)F)nc(-c3ccccc3)n2)C(=O)C1. The molecule has 0 atom stereocenters. The molecule has 0 aliphatic carbocycles. The third kappa shape index (κ3) is 3.05. The number of rotatable bonds is 2. The summed E-state index contributed by atoms with van der Waals surface area (Å²) in [4.78, 5) is 19.5. The number of carbonyl (C=O) groups is 1. The molecule has 5 nitrogen and oxygen atoms in total. The van der Waals surface area contributed by atoms with Gasteiger partial charge in [0.2, 0.25) is 0 Å². The van der Waals surface area contributed by atoms with Crippen molar-refractivity contribution < 1.29 is 18.0 Å². The summed E-state index contributed by atoms with van der Waals surface area (Å²) in [7, 11) is 0. The predicted octanol–water partition coefficient (Wildman–Crippen LogP) is 3.28. The zero-order valence-electron chi connectivity index (χ0n) is 12.0. The van der Waals surface area contributed by atoms with Crippen LogP contribution in [0.2, 0.25) is 0 Å². The van der Waals surface area contributed by atoms with Gasteiger partial charge in [0, 0.05) is 17.3 Å². The Hall–Kier alpha value is -2.77. The second-order valence-corrected chi connectivity index (χ2v) is 5.02. The molecule has 1 aromatic heterocycles. The van der Waals surface area contributed by atoms with Crippen molar-refractivity contribution in [3.05, 3.63) is 42.1 Å². The number of hydrogen-bond acceptors (Lipinski definition) is 4. The van der Waals surface area contributed by atoms with Gasteiger partial charge in [-0.3, -0.25) is 4.79 Å². The van der Waals surface area contributed by atoms with Crippen LogP contribution in [-0.4, -0.2) is 21.6 Å². The molecule has 2 heterocycles. The second kappa shape index (κ2) is 5.45. The van der Waals surface area contributed by atoms with E-state index < -0.39 is 17.8 Å². The molecule has 1 aliphatic rings. The van der Waals surface area contributed by atoms with E-state index in [0.717, 1.165) is 11.1 Å². The van der Waals surface area contributed by atoms with Crippen LogP contribution in [0.5, 0.6) is 0 Å². The van der Waals surface area contributed by atoms with E-state index in [2.05, 4.69) is 15.1 Å². The van der Waals surface area contributed by atoms with Gasteiger partial charge in [-0.05, 0) is 6.92 Å². The standard InChI is InChI=1S/C15H11F3N4O/c1-9-7-13(23)22(21-9)12-8-11(15(16,17)18)19-14(20-12)10-5-3-2-4-6-10/h2-6,8H,7H2,1H3. The van der Waals surface area contributed by atoms with Crippen molar-refractivity contribution in [3.8, 4) is 11.4 Å². The molecule has 23 heavy (non-hydrogen) atoms. The lowest BCUT2D eigenvalue weighted by Crippen LogP contribution is -2.22. The van der Waals surface area contributed by atoms with Crippen LogP contribution in [0.25, 0.3) is 11.4 Å². The summed E-state index contributed by atoms with van der Waals surface area (Å²) < 4.78 is 39.3. The summed E-state index contributed by atoms with van der Waals surface area (Å²) in [5.41, 5.74) is -0.176. The molecule has 0 saturated heterocycles. The van der Waals surface area contributed by atoms with E-state index in [1.807, 2.05) is 0 Å². The number of hydrogen-bond donors (Lipinski definition) is 0. The minimum Gasteiger partial charge on any atom is -0.272 e. The molecule has 0 radical (unpaired) electrons. The largest absolute Gasteiger partial charge is 0.433 e. The number of alkyl halides is 3. The molecule has 0 spiro atoms. The average molecular weight is 320 g/mol. The van der Waals surface area contributed by atoms with Crippen LogP contribution < -0.4 is 5.01 Å². The zero-order chi connectivity index (χ0) is 16.6. The summed E-state index contributed by atoms with van der Waals surface area (Å²) in [5, 5.41) is 4.83. The van der Waals surface area contributed by atoms with Gasteiger partial charge in [-0.1, -0.05) is 30.3 Å². The summed E-state index contributed by atoms with van der Waals surface area (Å²) in [5.74, 6) is -0.718. The van der Waals surface area contributed by atoms with E-state index >= 15 is 0 Å². The van der Waals surface area contributed by atoms with Gasteiger partial charge in [-0.15, -0.1) is 0 Å². The number of hydrazone groups is 1. The molecule has 3 rings (SSSR count). The molecule has 1 amide bonds. The Morgan fingerprint density at radius 2 is 1.83 bits per heavy atom. The minimum absolute atomic E-state index is 0.0615. The van der Waals surface area contributed by atoms with Crippen molar-refractivity contribution >= 4 is 17.4 Å². The highest BCUT2D eigenvalue weighted by atomic mass is 19.4. The fourth-order valence-corrected chi connectivity index (χ4v) is 2.14. The molecule has 0 saturated carbocycles. The highest BCUT2D eigenvalue weighted by molar-refractivity contribution is 6.11. The van der Waals surface area contributed by atoms with Crippen LogP contribution >= 0.6 is 0 Å². The van der Waals surface area contributed by atoms with E-state index in [0.29, 0.717) is 11.3 Å². The highest BCUT2D eigenvalue weighted by Gasteiger charge is 2.35. The van der Waals surface area contributed by atoms with Gasteiger partial charge in [0.15, 0.2) is 17.3 Å². The molecular weight excluding hydrogens is 309 g/mol. The lowest BCUT2D eigenvalue weighted by molar-refractivity contribution is -0.141. The van der Waals surface area contributed by atoms with Gasteiger partial charge in [0.25, 0.3) is 5.91 Å². The van der Waals surface area contributed by atoms with Crippen molar-refractivity contribution in [3.63, 3.8) is 0 Å². The van der Waals surface area contributed by atoms with Gasteiger partial charge >= 0.3 is 6.18 Å². The van der Waals surface area contributed by atoms with E-state index in [-0.39, 0.29) is 18.1 Å². The van der Waals surface area contributed by atoms with Crippen molar-refractivity contribution in [1.82, 2.24) is 9.97 Å². The number of halogens is 3. The maximum Gasteiger partial charge on any atom is 0.433 e. The van der Waals surface area contributed by atoms with Gasteiger partial charge in [-0.25, -0.2) is 9.97 Å². The van der Waals surface area contributed by atoms with E-state index in [1.165, 1.54) is 0 Å². The molecule has 0 bridgehead atoms. The number of anilines is 1. The van der Waals surface area contributed by atoms with Crippen molar-refractivity contribution in [2.24, 2.45) is 5.10 Å². The van der Waals surface area contributed by atoms with E-state index in [4.69, 9.17) is 0 Å². The number of aromatic nitrogens is 2. The minimum atomic E-state index is -4.65. The summed E-state index contributed by atoms with van der Waals surface area (Å²) in [6.07, 6.45) is -4.59. The lowest BCUT2D eigenvalue weighted by atomic mass is 10.2. The normalized spacial score (nSPS) is 15.0. The molecule has 1 aromatic carbocycles. The summed E-state index contributed by atoms with van der Waals surface area (Å²) in [6, 6.07) is 8.99. The van der Waals surface area contributed by atoms with Crippen LogP contribution in [0.4, 0.5) is 19.0 Å². The molecular formula is C15H11F3N4O. The van der Waals surface area contributed by atoms with Crippen molar-refractivity contribution in [1.29, 1.82) is 0 Å². The van der Waals surface area contributed by atoms with E-state index in [1.54, 1.807) is 37.3 Å². The number of nitrogens with zero attached hydrogens (tertiary/aromatic N) is 4. The second-order valence-electron chi connectivity index (χ2n) is 5.02. The Morgan fingerprint density at radius 1 is 1.13 bits per heavy atom. The molecule has 0 unspecified atom stereocenters. The molecule has 118 valence electrons. The first-order chi connectivity index (χ1) is 10.8. The van der Waals surface area contributed by atoms with Crippen molar-refractivity contribution in [2.45, 2.75) is 19.5 Å². The maximum atomic E-state index is 13.1. The maximum absolute atomic E-state index is 13.1. The van der Waals surface area contributed by atoms with Gasteiger partial charge in [-0.2, -0.15) is 23.3 Å². The topological polar surface area (TPSA) is 58.5 Å². The number of carbonyl (C=O) groups excluding carboxylic acids is 1. The van der Waals surface area contributed by atoms with Gasteiger partial charge in [0.1, 0.15) is 0 Å². The van der Waals surface area contributed by atoms with Crippen LogP contribution in [-0.2, 0) is 11.0 Å². The average Bonchev–Trinajstić information content (AvgIpc) is 2.85. The molecule has 2 aromatic rings. The third-order valence-corrected chi connectivity index (χ3v) is 3.17. The zero-order valence-corrected chi connectivity index (χ0v) is 12.0. The fraction of sp³-hybridized carbons (Fsp3) is 0.200. The Kier molecular flexibility index (Phi) is 3.59. The van der Waals surface area contributed by atoms with Crippen LogP contribution in [0.1, 0.15) is 19.0 Å². The first-order valence-electron chi connectivity index (χ1n) is 6.73. The fourth-order valence-electron chi connectivity index (χ4n) is 2.14. The van der Waals surface area contributed by atoms with Crippen LogP contribution in [0.15, 0.2) is 41.5 Å². The highest BCUT2D eigenvalue weighted by Crippen LogP contribution is 2.32. The van der Waals surface area contributed by atoms with Crippen LogP contribution in [0.3, 0.4) is 0 Å². The third-order valence-electron chi connectivity index (χ3n) is 3.17. The van der Waals surface area contributed by atoms with Crippen LogP contribution in [0, 0.1) is 0 Å². The molecule has 0 fully saturated rings. The Balaban J connectivity index is 2.15. The smallest absolute Gasteiger partial charge is 0.272 e. The summed E-state index contributed by atoms with van der Waals surface area (Å²) in [6.45, 7) is 1.63. The molecule has 8 heteroatoms. The number of amides is 1.